The summed E-state index contributed by atoms with van der Waals surface area (Å²) in [6, 6.07) is 14.6. The van der Waals surface area contributed by atoms with Crippen molar-refractivity contribution in [3.8, 4) is 11.5 Å². The lowest BCUT2D eigenvalue weighted by Crippen LogP contribution is -2.31. The van der Waals surface area contributed by atoms with Crippen molar-refractivity contribution >= 4 is 22.3 Å². The zero-order valence-electron chi connectivity index (χ0n) is 17.0. The molecule has 0 spiro atoms. The van der Waals surface area contributed by atoms with E-state index in [9.17, 15) is 0 Å². The van der Waals surface area contributed by atoms with Crippen LogP contribution in [0.5, 0.6) is 11.5 Å². The second-order valence-electron chi connectivity index (χ2n) is 7.33. The zero-order chi connectivity index (χ0) is 20.2. The molecule has 4 rings (SSSR count). The molecule has 1 saturated heterocycles. The summed E-state index contributed by atoms with van der Waals surface area (Å²) in [5.41, 5.74) is 8.22. The van der Waals surface area contributed by atoms with Crippen LogP contribution in [0.1, 0.15) is 24.4 Å². The first-order chi connectivity index (χ1) is 14.2. The second-order valence-corrected chi connectivity index (χ2v) is 7.33. The number of nitrogens with one attached hydrogen (secondary N) is 1. The van der Waals surface area contributed by atoms with Gasteiger partial charge in [-0.05, 0) is 37.6 Å². The Balaban J connectivity index is 1.70. The third-order valence-electron chi connectivity index (χ3n) is 5.65. The van der Waals surface area contributed by atoms with Gasteiger partial charge in [0.2, 0.25) is 0 Å². The van der Waals surface area contributed by atoms with Crippen molar-refractivity contribution in [1.82, 2.24) is 9.88 Å². The minimum Gasteiger partial charge on any atom is -0.493 e. The Labute approximate surface area is 171 Å². The molecule has 6 nitrogen and oxygen atoms in total. The Bertz CT molecular complexity index is 972. The number of pyridine rings is 1. The number of aromatic nitrogens is 1. The van der Waals surface area contributed by atoms with Crippen LogP contribution < -0.4 is 20.5 Å². The molecule has 6 heteroatoms. The number of rotatable bonds is 7. The maximum atomic E-state index is 6.27. The van der Waals surface area contributed by atoms with Crippen LogP contribution in [-0.4, -0.2) is 43.7 Å². The molecule has 1 aliphatic rings. The van der Waals surface area contributed by atoms with Crippen LogP contribution in [0, 0.1) is 0 Å². The fraction of sp³-hybridized carbons (Fsp3) is 0.348. The van der Waals surface area contributed by atoms with E-state index in [1.807, 2.05) is 6.07 Å². The molecule has 1 aliphatic heterocycles. The minimum absolute atomic E-state index is 0.282. The summed E-state index contributed by atoms with van der Waals surface area (Å²) in [5, 5.41) is 5.32. The predicted molar refractivity (Wildman–Crippen MR) is 118 cm³/mol. The van der Waals surface area contributed by atoms with Gasteiger partial charge in [0.05, 0.1) is 25.6 Å². The summed E-state index contributed by atoms with van der Waals surface area (Å²) in [6.45, 7) is 2.99. The number of ether oxygens (including phenoxy) is 2. The minimum atomic E-state index is 0.282. The van der Waals surface area contributed by atoms with Crippen LogP contribution in [0.4, 0.5) is 11.5 Å². The van der Waals surface area contributed by atoms with Gasteiger partial charge < -0.3 is 20.5 Å². The number of fused-ring (bicyclic) bond motifs is 1. The van der Waals surface area contributed by atoms with E-state index in [0.717, 1.165) is 36.2 Å². The molecule has 3 N–H and O–H groups in total. The van der Waals surface area contributed by atoms with Gasteiger partial charge in [-0.1, -0.05) is 30.3 Å². The number of benzene rings is 2. The summed E-state index contributed by atoms with van der Waals surface area (Å²) in [5.74, 6) is 2.00. The van der Waals surface area contributed by atoms with Crippen LogP contribution in [0.15, 0.2) is 48.7 Å². The lowest BCUT2D eigenvalue weighted by Gasteiger charge is -2.28. The van der Waals surface area contributed by atoms with Gasteiger partial charge in [0.25, 0.3) is 0 Å². The summed E-state index contributed by atoms with van der Waals surface area (Å²) < 4.78 is 11.2. The summed E-state index contributed by atoms with van der Waals surface area (Å²) in [6.07, 6.45) is 4.27. The molecule has 2 heterocycles. The van der Waals surface area contributed by atoms with Crippen molar-refractivity contribution in [3.05, 3.63) is 54.2 Å². The van der Waals surface area contributed by atoms with E-state index >= 15 is 0 Å². The van der Waals surface area contributed by atoms with E-state index in [2.05, 4.69) is 45.5 Å². The van der Waals surface area contributed by atoms with Gasteiger partial charge in [-0.25, -0.2) is 4.98 Å². The average Bonchev–Trinajstić information content (AvgIpc) is 3.29. The van der Waals surface area contributed by atoms with Crippen LogP contribution in [0.25, 0.3) is 10.8 Å². The number of hydrogen-bond donors (Lipinski definition) is 2. The van der Waals surface area contributed by atoms with E-state index in [1.54, 1.807) is 26.5 Å². The van der Waals surface area contributed by atoms with Gasteiger partial charge in [0.1, 0.15) is 5.82 Å². The lowest BCUT2D eigenvalue weighted by atomic mass is 10.0. The fourth-order valence-electron chi connectivity index (χ4n) is 4.21. The molecule has 1 unspecified atom stereocenters. The van der Waals surface area contributed by atoms with Crippen molar-refractivity contribution in [2.24, 2.45) is 0 Å². The number of methoxy groups -OCH3 is 2. The molecule has 3 aromatic rings. The highest BCUT2D eigenvalue weighted by Crippen LogP contribution is 2.42. The molecule has 0 aliphatic carbocycles. The molecule has 1 fully saturated rings. The first-order valence-electron chi connectivity index (χ1n) is 10.0. The maximum absolute atomic E-state index is 6.27. The van der Waals surface area contributed by atoms with Gasteiger partial charge in [-0.2, -0.15) is 0 Å². The molecule has 2 aromatic carbocycles. The number of nitrogens with zero attached hydrogens (tertiary/aromatic N) is 2. The molecule has 0 radical (unpaired) electrons. The third-order valence-corrected chi connectivity index (χ3v) is 5.65. The van der Waals surface area contributed by atoms with E-state index in [1.165, 1.54) is 18.4 Å². The van der Waals surface area contributed by atoms with Gasteiger partial charge in [-0.15, -0.1) is 0 Å². The molecule has 0 amide bonds. The fourth-order valence-corrected chi connectivity index (χ4v) is 4.21. The van der Waals surface area contributed by atoms with E-state index in [4.69, 9.17) is 15.2 Å². The number of nitrogens with two attached hydrogens (primary N) is 1. The highest BCUT2D eigenvalue weighted by Gasteiger charge is 2.24. The Hall–Kier alpha value is -2.99. The Morgan fingerprint density at radius 2 is 1.86 bits per heavy atom. The van der Waals surface area contributed by atoms with Crippen LogP contribution in [0.2, 0.25) is 0 Å². The molecule has 0 bridgehead atoms. The van der Waals surface area contributed by atoms with Crippen molar-refractivity contribution in [2.45, 2.75) is 18.9 Å². The quantitative estimate of drug-likeness (QED) is 0.590. The summed E-state index contributed by atoms with van der Waals surface area (Å²) in [4.78, 5) is 7.14. The molecular weight excluding hydrogens is 364 g/mol. The van der Waals surface area contributed by atoms with E-state index in [0.29, 0.717) is 17.2 Å². The SMILES string of the molecule is COc1cc(N)c2ccnc(NCC(c3ccccc3)N3CCCC3)c2c1OC. The van der Waals surface area contributed by atoms with Crippen molar-refractivity contribution in [3.63, 3.8) is 0 Å². The van der Waals surface area contributed by atoms with Gasteiger partial charge in [0.15, 0.2) is 11.5 Å². The maximum Gasteiger partial charge on any atom is 0.172 e. The van der Waals surface area contributed by atoms with Crippen molar-refractivity contribution in [2.75, 3.05) is 44.9 Å². The number of hydrogen-bond acceptors (Lipinski definition) is 6. The first kappa shape index (κ1) is 19.3. The molecule has 29 heavy (non-hydrogen) atoms. The first-order valence-corrected chi connectivity index (χ1v) is 10.0. The van der Waals surface area contributed by atoms with E-state index < -0.39 is 0 Å². The van der Waals surface area contributed by atoms with Gasteiger partial charge in [-0.3, -0.25) is 4.90 Å². The number of likely N-dealkylation sites (tertiary alicyclic amines) is 1. The Kier molecular flexibility index (Phi) is 5.71. The van der Waals surface area contributed by atoms with Gasteiger partial charge in [0, 0.05) is 29.9 Å². The number of anilines is 2. The Morgan fingerprint density at radius 1 is 1.10 bits per heavy atom. The van der Waals surface area contributed by atoms with Crippen LogP contribution in [0.3, 0.4) is 0 Å². The average molecular weight is 393 g/mol. The molecular formula is C23H28N4O2. The normalized spacial score (nSPS) is 15.4. The second kappa shape index (κ2) is 8.57. The third kappa shape index (κ3) is 3.80. The molecule has 1 atom stereocenters. The van der Waals surface area contributed by atoms with Crippen molar-refractivity contribution < 1.29 is 9.47 Å². The largest absolute Gasteiger partial charge is 0.493 e. The van der Waals surface area contributed by atoms with Gasteiger partial charge >= 0.3 is 0 Å². The predicted octanol–water partition coefficient (Wildman–Crippen LogP) is 4.08. The smallest absolute Gasteiger partial charge is 0.172 e. The van der Waals surface area contributed by atoms with Crippen LogP contribution in [-0.2, 0) is 0 Å². The lowest BCUT2D eigenvalue weighted by molar-refractivity contribution is 0.256. The highest BCUT2D eigenvalue weighted by atomic mass is 16.5. The topological polar surface area (TPSA) is 72.6 Å². The standard InChI is InChI=1S/C23H28N4O2/c1-28-20-14-18(24)17-10-11-25-23(21(17)22(20)29-2)26-15-19(27-12-6-7-13-27)16-8-4-3-5-9-16/h3-5,8-11,14,19H,6-7,12-13,15,24H2,1-2H3,(H,25,26). The zero-order valence-corrected chi connectivity index (χ0v) is 17.0. The summed E-state index contributed by atoms with van der Waals surface area (Å²) in [7, 11) is 3.26. The highest BCUT2D eigenvalue weighted by molar-refractivity contribution is 6.05. The van der Waals surface area contributed by atoms with Crippen LogP contribution >= 0.6 is 0 Å². The molecule has 1 aromatic heterocycles. The monoisotopic (exact) mass is 392 g/mol. The number of nitrogen functional groups attached to an aromatic ring is 1. The van der Waals surface area contributed by atoms with E-state index in [-0.39, 0.29) is 6.04 Å². The van der Waals surface area contributed by atoms with Crippen molar-refractivity contribution in [1.29, 1.82) is 0 Å². The summed E-state index contributed by atoms with van der Waals surface area (Å²) >= 11 is 0. The molecule has 0 saturated carbocycles. The Morgan fingerprint density at radius 3 is 2.55 bits per heavy atom. The molecule has 152 valence electrons.